The Bertz CT molecular complexity index is 583. The fourth-order valence-corrected chi connectivity index (χ4v) is 1.90. The van der Waals surface area contributed by atoms with E-state index in [1.807, 2.05) is 6.92 Å². The Morgan fingerprint density at radius 1 is 1.21 bits per heavy atom. The summed E-state index contributed by atoms with van der Waals surface area (Å²) in [6, 6.07) is 12.9. The molecule has 19 heavy (non-hydrogen) atoms. The first-order valence-corrected chi connectivity index (χ1v) is 6.36. The molecule has 0 radical (unpaired) electrons. The van der Waals surface area contributed by atoms with Gasteiger partial charge in [0.05, 0.1) is 6.04 Å². The highest BCUT2D eigenvalue weighted by Gasteiger charge is 2.11. The zero-order valence-corrected chi connectivity index (χ0v) is 11.3. The lowest BCUT2D eigenvalue weighted by Crippen LogP contribution is -2.26. The van der Waals surface area contributed by atoms with Crippen molar-refractivity contribution in [3.05, 3.63) is 65.5 Å². The number of carbonyl (C=O) groups is 1. The van der Waals surface area contributed by atoms with Crippen molar-refractivity contribution in [3.8, 4) is 0 Å². The number of nitrogens with one attached hydrogen (secondary N) is 1. The number of amides is 1. The number of halogens is 1. The fraction of sp³-hybridized carbons (Fsp3) is 0.133. The Morgan fingerprint density at radius 3 is 2.53 bits per heavy atom. The normalized spacial score (nSPS) is 11.9. The quantitative estimate of drug-likeness (QED) is 0.823. The summed E-state index contributed by atoms with van der Waals surface area (Å²) in [5.74, 6) is -0.497. The van der Waals surface area contributed by atoms with Crippen LogP contribution in [0.3, 0.4) is 0 Å². The second-order valence-electron chi connectivity index (χ2n) is 4.30. The fourth-order valence-electron chi connectivity index (χ4n) is 1.75. The summed E-state index contributed by atoms with van der Waals surface area (Å²) in [5.41, 5.74) is 1.29. The average Bonchev–Trinajstić information content (AvgIpc) is 2.39. The molecule has 1 N–H and O–H groups in total. The van der Waals surface area contributed by atoms with Crippen molar-refractivity contribution in [2.45, 2.75) is 17.9 Å². The van der Waals surface area contributed by atoms with Crippen LogP contribution in [-0.4, -0.2) is 5.91 Å². The summed E-state index contributed by atoms with van der Waals surface area (Å²) in [5, 5.41) is 2.83. The first-order valence-electron chi connectivity index (χ1n) is 5.91. The smallest absolute Gasteiger partial charge is 0.251 e. The van der Waals surface area contributed by atoms with Crippen LogP contribution in [0.1, 0.15) is 28.9 Å². The summed E-state index contributed by atoms with van der Waals surface area (Å²) in [6.07, 6.45) is 0. The largest absolute Gasteiger partial charge is 0.346 e. The Kier molecular flexibility index (Phi) is 4.22. The molecule has 2 rings (SSSR count). The van der Waals surface area contributed by atoms with Crippen molar-refractivity contribution in [3.63, 3.8) is 0 Å². The molecule has 0 saturated heterocycles. The summed E-state index contributed by atoms with van der Waals surface area (Å²) in [4.78, 5) is 12.8. The summed E-state index contributed by atoms with van der Waals surface area (Å²) in [6.45, 7) is 1.82. The zero-order chi connectivity index (χ0) is 13.8. The molecule has 1 amide bonds. The standard InChI is InChI=1S/C15H14FNOS/c1-10(12-3-2-4-13(16)9-12)17-15(18)11-5-7-14(19)8-6-11/h2-10,19H,1H3,(H,17,18). The van der Waals surface area contributed by atoms with Gasteiger partial charge in [-0.05, 0) is 48.9 Å². The summed E-state index contributed by atoms with van der Waals surface area (Å²) < 4.78 is 13.1. The van der Waals surface area contributed by atoms with Gasteiger partial charge in [0, 0.05) is 10.5 Å². The first kappa shape index (κ1) is 13.6. The average molecular weight is 275 g/mol. The van der Waals surface area contributed by atoms with Crippen molar-refractivity contribution >= 4 is 18.5 Å². The van der Waals surface area contributed by atoms with Crippen LogP contribution in [0, 0.1) is 5.82 Å². The van der Waals surface area contributed by atoms with Crippen LogP contribution in [0.5, 0.6) is 0 Å². The number of benzene rings is 2. The maximum absolute atomic E-state index is 13.1. The van der Waals surface area contributed by atoms with Crippen LogP contribution < -0.4 is 5.32 Å². The van der Waals surface area contributed by atoms with Gasteiger partial charge >= 0.3 is 0 Å². The zero-order valence-electron chi connectivity index (χ0n) is 10.4. The molecule has 0 aliphatic carbocycles. The number of hydrogen-bond acceptors (Lipinski definition) is 2. The number of hydrogen-bond donors (Lipinski definition) is 2. The van der Waals surface area contributed by atoms with Crippen molar-refractivity contribution in [2.75, 3.05) is 0 Å². The molecular weight excluding hydrogens is 261 g/mol. The van der Waals surface area contributed by atoms with Crippen LogP contribution >= 0.6 is 12.6 Å². The van der Waals surface area contributed by atoms with E-state index in [1.165, 1.54) is 12.1 Å². The van der Waals surface area contributed by atoms with E-state index in [-0.39, 0.29) is 17.8 Å². The van der Waals surface area contributed by atoms with Crippen LogP contribution in [0.25, 0.3) is 0 Å². The third-order valence-electron chi connectivity index (χ3n) is 2.83. The minimum atomic E-state index is -0.307. The summed E-state index contributed by atoms with van der Waals surface area (Å²) in [7, 11) is 0. The molecule has 0 aliphatic rings. The molecule has 0 heterocycles. The van der Waals surface area contributed by atoms with Gasteiger partial charge in [-0.15, -0.1) is 12.6 Å². The van der Waals surface area contributed by atoms with E-state index in [1.54, 1.807) is 36.4 Å². The molecule has 4 heteroatoms. The Labute approximate surface area is 117 Å². The van der Waals surface area contributed by atoms with Crippen LogP contribution in [0.4, 0.5) is 4.39 Å². The molecule has 0 fully saturated rings. The van der Waals surface area contributed by atoms with Crippen molar-refractivity contribution in [1.82, 2.24) is 5.32 Å². The van der Waals surface area contributed by atoms with Gasteiger partial charge in [-0.25, -0.2) is 4.39 Å². The van der Waals surface area contributed by atoms with Crippen molar-refractivity contribution < 1.29 is 9.18 Å². The van der Waals surface area contributed by atoms with E-state index < -0.39 is 0 Å². The van der Waals surface area contributed by atoms with Gasteiger partial charge in [0.25, 0.3) is 5.91 Å². The van der Waals surface area contributed by atoms with Crippen molar-refractivity contribution in [1.29, 1.82) is 0 Å². The van der Waals surface area contributed by atoms with E-state index >= 15 is 0 Å². The van der Waals surface area contributed by atoms with E-state index in [0.717, 1.165) is 10.5 Å². The predicted molar refractivity (Wildman–Crippen MR) is 76.0 cm³/mol. The Balaban J connectivity index is 2.08. The maximum Gasteiger partial charge on any atom is 0.251 e. The van der Waals surface area contributed by atoms with Crippen LogP contribution in [0.2, 0.25) is 0 Å². The lowest BCUT2D eigenvalue weighted by Gasteiger charge is -2.14. The van der Waals surface area contributed by atoms with E-state index in [2.05, 4.69) is 17.9 Å². The molecule has 1 atom stereocenters. The number of rotatable bonds is 3. The Hall–Kier alpha value is -1.81. The molecule has 1 unspecified atom stereocenters. The van der Waals surface area contributed by atoms with Crippen LogP contribution in [-0.2, 0) is 0 Å². The minimum absolute atomic E-state index is 0.190. The molecule has 2 aromatic carbocycles. The summed E-state index contributed by atoms with van der Waals surface area (Å²) >= 11 is 4.17. The molecule has 0 spiro atoms. The number of carbonyl (C=O) groups excluding carboxylic acids is 1. The third kappa shape index (κ3) is 3.58. The molecule has 2 aromatic rings. The molecule has 0 bridgehead atoms. The highest BCUT2D eigenvalue weighted by Crippen LogP contribution is 2.15. The SMILES string of the molecule is CC(NC(=O)c1ccc(S)cc1)c1cccc(F)c1. The minimum Gasteiger partial charge on any atom is -0.346 e. The molecule has 0 saturated carbocycles. The van der Waals surface area contributed by atoms with Gasteiger partial charge in [0.2, 0.25) is 0 Å². The van der Waals surface area contributed by atoms with Gasteiger partial charge in [0.15, 0.2) is 0 Å². The molecule has 98 valence electrons. The van der Waals surface area contributed by atoms with Gasteiger partial charge < -0.3 is 5.32 Å². The highest BCUT2D eigenvalue weighted by molar-refractivity contribution is 7.80. The predicted octanol–water partition coefficient (Wildman–Crippen LogP) is 3.61. The monoisotopic (exact) mass is 275 g/mol. The molecule has 0 aromatic heterocycles. The van der Waals surface area contributed by atoms with Gasteiger partial charge in [0.1, 0.15) is 5.82 Å². The van der Waals surface area contributed by atoms with Crippen molar-refractivity contribution in [2.24, 2.45) is 0 Å². The van der Waals surface area contributed by atoms with E-state index in [4.69, 9.17) is 0 Å². The van der Waals surface area contributed by atoms with Gasteiger partial charge in [-0.1, -0.05) is 12.1 Å². The molecule has 0 aliphatic heterocycles. The molecule has 2 nitrogen and oxygen atoms in total. The molecular formula is C15H14FNOS. The van der Waals surface area contributed by atoms with E-state index in [0.29, 0.717) is 5.56 Å². The maximum atomic E-state index is 13.1. The first-order chi connectivity index (χ1) is 9.06. The third-order valence-corrected chi connectivity index (χ3v) is 3.12. The lowest BCUT2D eigenvalue weighted by molar-refractivity contribution is 0.0939. The second-order valence-corrected chi connectivity index (χ2v) is 4.81. The van der Waals surface area contributed by atoms with Gasteiger partial charge in [-0.2, -0.15) is 0 Å². The number of thiol groups is 1. The second kappa shape index (κ2) is 5.89. The Morgan fingerprint density at radius 2 is 1.89 bits per heavy atom. The van der Waals surface area contributed by atoms with Crippen LogP contribution in [0.15, 0.2) is 53.4 Å². The topological polar surface area (TPSA) is 29.1 Å². The van der Waals surface area contributed by atoms with E-state index in [9.17, 15) is 9.18 Å². The lowest BCUT2D eigenvalue weighted by atomic mass is 10.1. The highest BCUT2D eigenvalue weighted by atomic mass is 32.1. The van der Waals surface area contributed by atoms with Gasteiger partial charge in [-0.3, -0.25) is 4.79 Å².